The highest BCUT2D eigenvalue weighted by atomic mass is 15.3. The number of allylic oxidation sites excluding steroid dienone is 1. The van der Waals surface area contributed by atoms with Gasteiger partial charge >= 0.3 is 0 Å². The van der Waals surface area contributed by atoms with Gasteiger partial charge in [0.15, 0.2) is 0 Å². The maximum Gasteiger partial charge on any atom is 0.137 e. The monoisotopic (exact) mass is 234 g/mol. The third-order valence-corrected chi connectivity index (χ3v) is 3.27. The fraction of sp³-hybridized carbons (Fsp3) is 0.692. The second-order valence-corrected chi connectivity index (χ2v) is 5.17. The molecule has 4 heteroatoms. The summed E-state index contributed by atoms with van der Waals surface area (Å²) in [5, 5.41) is 4.18. The van der Waals surface area contributed by atoms with Gasteiger partial charge in [-0.1, -0.05) is 11.6 Å². The smallest absolute Gasteiger partial charge is 0.137 e. The van der Waals surface area contributed by atoms with Crippen molar-refractivity contribution >= 4 is 0 Å². The summed E-state index contributed by atoms with van der Waals surface area (Å²) in [6.07, 6.45) is 8.36. The van der Waals surface area contributed by atoms with Crippen molar-refractivity contribution in [2.75, 3.05) is 19.6 Å². The summed E-state index contributed by atoms with van der Waals surface area (Å²) in [6, 6.07) is 0. The van der Waals surface area contributed by atoms with E-state index in [1.807, 2.05) is 11.0 Å². The Morgan fingerprint density at radius 2 is 2.35 bits per heavy atom. The topological polar surface area (TPSA) is 34.0 Å². The van der Waals surface area contributed by atoms with Gasteiger partial charge in [0.05, 0.1) is 0 Å². The lowest BCUT2D eigenvalue weighted by molar-refractivity contribution is 0.174. The van der Waals surface area contributed by atoms with Crippen LogP contribution in [-0.2, 0) is 6.54 Å². The Balaban J connectivity index is 1.82. The van der Waals surface area contributed by atoms with E-state index in [2.05, 4.69) is 34.9 Å². The Morgan fingerprint density at radius 3 is 3.06 bits per heavy atom. The maximum absolute atomic E-state index is 4.18. The second kappa shape index (κ2) is 5.96. The number of piperidine rings is 1. The fourth-order valence-corrected chi connectivity index (χ4v) is 2.37. The number of hydrogen-bond acceptors (Lipinski definition) is 3. The molecule has 1 fully saturated rings. The molecule has 0 spiro atoms. The lowest BCUT2D eigenvalue weighted by Crippen LogP contribution is -2.37. The number of rotatable bonds is 4. The summed E-state index contributed by atoms with van der Waals surface area (Å²) < 4.78 is 1.95. The minimum atomic E-state index is 0.719. The van der Waals surface area contributed by atoms with E-state index < -0.39 is 0 Å². The molecule has 94 valence electrons. The molecule has 1 aliphatic heterocycles. The van der Waals surface area contributed by atoms with E-state index in [9.17, 15) is 0 Å². The van der Waals surface area contributed by atoms with Crippen molar-refractivity contribution < 1.29 is 0 Å². The highest BCUT2D eigenvalue weighted by Gasteiger charge is 2.19. The van der Waals surface area contributed by atoms with Gasteiger partial charge in [0.2, 0.25) is 0 Å². The molecule has 2 heterocycles. The van der Waals surface area contributed by atoms with E-state index in [0.717, 1.165) is 19.0 Å². The van der Waals surface area contributed by atoms with Crippen molar-refractivity contribution in [2.45, 2.75) is 33.2 Å². The third-order valence-electron chi connectivity index (χ3n) is 3.27. The first-order valence-corrected chi connectivity index (χ1v) is 6.42. The van der Waals surface area contributed by atoms with E-state index in [1.54, 1.807) is 6.33 Å². The third kappa shape index (κ3) is 3.97. The number of hydrogen-bond donors (Lipinski definition) is 0. The Kier molecular flexibility index (Phi) is 4.31. The molecule has 0 N–H and O–H groups in total. The van der Waals surface area contributed by atoms with Gasteiger partial charge in [0.1, 0.15) is 12.7 Å². The van der Waals surface area contributed by atoms with E-state index in [-0.39, 0.29) is 0 Å². The predicted molar refractivity (Wildman–Crippen MR) is 68.6 cm³/mol. The van der Waals surface area contributed by atoms with Crippen LogP contribution in [0.3, 0.4) is 0 Å². The SMILES string of the molecule is CC(C)=CCN1CCC[C@H](Cn2cncn2)C1. The van der Waals surface area contributed by atoms with Crippen LogP contribution in [0.25, 0.3) is 0 Å². The second-order valence-electron chi connectivity index (χ2n) is 5.17. The Hall–Kier alpha value is -1.16. The normalized spacial score (nSPS) is 21.4. The molecular formula is C13H22N4. The Labute approximate surface area is 103 Å². The lowest BCUT2D eigenvalue weighted by atomic mass is 9.98. The van der Waals surface area contributed by atoms with Gasteiger partial charge in [0.25, 0.3) is 0 Å². The van der Waals surface area contributed by atoms with Crippen LogP contribution in [0.2, 0.25) is 0 Å². The van der Waals surface area contributed by atoms with Gasteiger partial charge in [-0.05, 0) is 39.2 Å². The van der Waals surface area contributed by atoms with Gasteiger partial charge in [-0.15, -0.1) is 0 Å². The van der Waals surface area contributed by atoms with Crippen molar-refractivity contribution in [3.05, 3.63) is 24.3 Å². The number of aromatic nitrogens is 3. The molecule has 0 radical (unpaired) electrons. The Morgan fingerprint density at radius 1 is 1.47 bits per heavy atom. The van der Waals surface area contributed by atoms with Crippen LogP contribution in [0.4, 0.5) is 0 Å². The Bertz CT molecular complexity index is 352. The first-order valence-electron chi connectivity index (χ1n) is 6.42. The molecule has 0 saturated carbocycles. The number of likely N-dealkylation sites (tertiary alicyclic amines) is 1. The predicted octanol–water partition coefficient (Wildman–Crippen LogP) is 1.96. The molecule has 17 heavy (non-hydrogen) atoms. The summed E-state index contributed by atoms with van der Waals surface area (Å²) in [5.41, 5.74) is 1.41. The summed E-state index contributed by atoms with van der Waals surface area (Å²) in [7, 11) is 0. The molecule has 1 aromatic rings. The van der Waals surface area contributed by atoms with E-state index in [0.29, 0.717) is 0 Å². The largest absolute Gasteiger partial charge is 0.299 e. The molecule has 0 bridgehead atoms. The van der Waals surface area contributed by atoms with E-state index in [1.165, 1.54) is 31.5 Å². The molecular weight excluding hydrogens is 212 g/mol. The van der Waals surface area contributed by atoms with E-state index in [4.69, 9.17) is 0 Å². The van der Waals surface area contributed by atoms with Crippen LogP contribution in [0.15, 0.2) is 24.3 Å². The van der Waals surface area contributed by atoms with Crippen molar-refractivity contribution in [3.63, 3.8) is 0 Å². The van der Waals surface area contributed by atoms with E-state index >= 15 is 0 Å². The van der Waals surface area contributed by atoms with Crippen LogP contribution in [-0.4, -0.2) is 39.3 Å². The summed E-state index contributed by atoms with van der Waals surface area (Å²) in [6.45, 7) is 8.84. The highest BCUT2D eigenvalue weighted by Crippen LogP contribution is 2.17. The molecule has 1 aromatic heterocycles. The minimum absolute atomic E-state index is 0.719. The van der Waals surface area contributed by atoms with Gasteiger partial charge in [-0.2, -0.15) is 5.10 Å². The quantitative estimate of drug-likeness (QED) is 0.747. The number of nitrogens with zero attached hydrogens (tertiary/aromatic N) is 4. The standard InChI is InChI=1S/C13H22N4/c1-12(2)5-7-16-6-3-4-13(8-16)9-17-11-14-10-15-17/h5,10-11,13H,3-4,6-9H2,1-2H3/t13-/m0/s1. The van der Waals surface area contributed by atoms with Crippen molar-refractivity contribution in [1.29, 1.82) is 0 Å². The average molecular weight is 234 g/mol. The molecule has 0 aliphatic carbocycles. The minimum Gasteiger partial charge on any atom is -0.299 e. The van der Waals surface area contributed by atoms with Crippen LogP contribution in [0.1, 0.15) is 26.7 Å². The van der Waals surface area contributed by atoms with Crippen molar-refractivity contribution in [3.8, 4) is 0 Å². The van der Waals surface area contributed by atoms with Crippen LogP contribution >= 0.6 is 0 Å². The highest BCUT2D eigenvalue weighted by molar-refractivity contribution is 4.95. The molecule has 0 unspecified atom stereocenters. The van der Waals surface area contributed by atoms with Crippen LogP contribution in [0, 0.1) is 5.92 Å². The van der Waals surface area contributed by atoms with Crippen molar-refractivity contribution in [1.82, 2.24) is 19.7 Å². The molecule has 0 aromatic carbocycles. The lowest BCUT2D eigenvalue weighted by Gasteiger charge is -2.31. The van der Waals surface area contributed by atoms with Gasteiger partial charge in [-0.3, -0.25) is 9.58 Å². The summed E-state index contributed by atoms with van der Waals surface area (Å²) in [5.74, 6) is 0.719. The summed E-state index contributed by atoms with van der Waals surface area (Å²) >= 11 is 0. The fourth-order valence-electron chi connectivity index (χ4n) is 2.37. The average Bonchev–Trinajstić information content (AvgIpc) is 2.80. The zero-order valence-corrected chi connectivity index (χ0v) is 10.8. The zero-order valence-electron chi connectivity index (χ0n) is 10.8. The molecule has 1 atom stereocenters. The first kappa shape index (κ1) is 12.3. The first-order chi connectivity index (χ1) is 8.24. The van der Waals surface area contributed by atoms with Gasteiger partial charge in [-0.25, -0.2) is 4.98 Å². The zero-order chi connectivity index (χ0) is 12.1. The molecule has 1 saturated heterocycles. The summed E-state index contributed by atoms with van der Waals surface area (Å²) in [4.78, 5) is 6.53. The van der Waals surface area contributed by atoms with Crippen molar-refractivity contribution in [2.24, 2.45) is 5.92 Å². The van der Waals surface area contributed by atoms with Crippen LogP contribution in [0.5, 0.6) is 0 Å². The molecule has 0 amide bonds. The van der Waals surface area contributed by atoms with Gasteiger partial charge < -0.3 is 0 Å². The molecule has 1 aliphatic rings. The maximum atomic E-state index is 4.18. The molecule has 4 nitrogen and oxygen atoms in total. The van der Waals surface area contributed by atoms with Crippen LogP contribution < -0.4 is 0 Å². The molecule has 2 rings (SSSR count). The van der Waals surface area contributed by atoms with Gasteiger partial charge in [0, 0.05) is 19.6 Å².